The van der Waals surface area contributed by atoms with Crippen LogP contribution in [-0.2, 0) is 12.4 Å². The third kappa shape index (κ3) is 4.36. The fourth-order valence-corrected chi connectivity index (χ4v) is 4.84. The van der Waals surface area contributed by atoms with Crippen LogP contribution in [0.25, 0.3) is 10.1 Å². The van der Waals surface area contributed by atoms with Gasteiger partial charge in [-0.1, -0.05) is 29.4 Å². The van der Waals surface area contributed by atoms with Gasteiger partial charge in [0.15, 0.2) is 5.82 Å². The summed E-state index contributed by atoms with van der Waals surface area (Å²) < 4.78 is 20.5. The minimum atomic E-state index is -1.08. The molecule has 0 aliphatic carbocycles. The van der Waals surface area contributed by atoms with Crippen LogP contribution in [0.1, 0.15) is 21.1 Å². The van der Waals surface area contributed by atoms with Gasteiger partial charge in [-0.3, -0.25) is 5.10 Å². The number of carbonyl (C=O) groups is 1. The number of halogens is 2. The molecular weight excluding hydrogens is 437 g/mol. The number of carboxylic acid groups (broad SMARTS) is 1. The Hall–Kier alpha value is -2.62. The Morgan fingerprint density at radius 3 is 2.83 bits per heavy atom. The number of hydrogen-bond acceptors (Lipinski definition) is 6. The lowest BCUT2D eigenvalue weighted by molar-refractivity contribution is 0.0701. The molecule has 0 radical (unpaired) electrons. The molecular formula is C19H13ClFN3O3S2. The quantitative estimate of drug-likeness (QED) is 0.368. The second kappa shape index (κ2) is 8.40. The molecule has 0 saturated carbocycles. The summed E-state index contributed by atoms with van der Waals surface area (Å²) in [5, 5.41) is 17.7. The van der Waals surface area contributed by atoms with Crippen molar-refractivity contribution in [2.45, 2.75) is 17.5 Å². The number of H-pyrrole nitrogens is 1. The lowest BCUT2D eigenvalue weighted by Gasteiger charge is -2.03. The highest BCUT2D eigenvalue weighted by Gasteiger charge is 2.21. The third-order valence-corrected chi connectivity index (χ3v) is 6.31. The zero-order valence-corrected chi connectivity index (χ0v) is 17.1. The number of nitrogens with zero attached hydrogens (tertiary/aromatic N) is 2. The van der Waals surface area contributed by atoms with Crippen molar-refractivity contribution in [1.82, 2.24) is 15.2 Å². The van der Waals surface area contributed by atoms with Gasteiger partial charge in [0.2, 0.25) is 5.16 Å². The summed E-state index contributed by atoms with van der Waals surface area (Å²) in [4.78, 5) is 16.0. The Morgan fingerprint density at radius 1 is 1.28 bits per heavy atom. The molecule has 0 spiro atoms. The summed E-state index contributed by atoms with van der Waals surface area (Å²) in [5.74, 6) is -0.117. The minimum absolute atomic E-state index is 0.124. The van der Waals surface area contributed by atoms with Crippen LogP contribution in [0, 0.1) is 5.82 Å². The Labute approximate surface area is 177 Å². The minimum Gasteiger partial charge on any atom is -0.486 e. The maximum atomic E-state index is 14.3. The maximum absolute atomic E-state index is 14.3. The molecule has 0 aliphatic heterocycles. The molecule has 2 aromatic heterocycles. The number of thioether (sulfide) groups is 1. The summed E-state index contributed by atoms with van der Waals surface area (Å²) in [6.07, 6.45) is 0. The second-order valence-electron chi connectivity index (χ2n) is 5.92. The third-order valence-electron chi connectivity index (χ3n) is 4.00. The van der Waals surface area contributed by atoms with Crippen LogP contribution in [0.3, 0.4) is 0 Å². The van der Waals surface area contributed by atoms with Crippen LogP contribution in [0.5, 0.6) is 5.75 Å². The van der Waals surface area contributed by atoms with Crippen LogP contribution in [0.15, 0.2) is 47.6 Å². The van der Waals surface area contributed by atoms with E-state index < -0.39 is 11.8 Å². The van der Waals surface area contributed by atoms with Gasteiger partial charge in [0.25, 0.3) is 0 Å². The number of aromatic nitrogens is 3. The monoisotopic (exact) mass is 449 g/mol. The van der Waals surface area contributed by atoms with E-state index in [-0.39, 0.29) is 17.2 Å². The van der Waals surface area contributed by atoms with Crippen molar-refractivity contribution in [3.05, 3.63) is 69.6 Å². The van der Waals surface area contributed by atoms with Gasteiger partial charge in [-0.25, -0.2) is 14.2 Å². The molecule has 0 amide bonds. The molecule has 2 heterocycles. The van der Waals surface area contributed by atoms with Crippen molar-refractivity contribution < 1.29 is 19.0 Å². The lowest BCUT2D eigenvalue weighted by atomic mass is 10.1. The highest BCUT2D eigenvalue weighted by atomic mass is 35.5. The first-order valence-corrected chi connectivity index (χ1v) is 10.5. The molecule has 2 N–H and O–H groups in total. The van der Waals surface area contributed by atoms with Crippen molar-refractivity contribution in [2.75, 3.05) is 0 Å². The molecule has 2 aromatic carbocycles. The molecule has 0 bridgehead atoms. The largest absolute Gasteiger partial charge is 0.486 e. The van der Waals surface area contributed by atoms with E-state index in [2.05, 4.69) is 15.2 Å². The zero-order valence-electron chi connectivity index (χ0n) is 14.7. The summed E-state index contributed by atoms with van der Waals surface area (Å²) in [5.41, 5.74) is 0.435. The van der Waals surface area contributed by atoms with E-state index in [1.807, 2.05) is 0 Å². The predicted molar refractivity (Wildman–Crippen MR) is 110 cm³/mol. The fourth-order valence-electron chi connectivity index (χ4n) is 2.70. The van der Waals surface area contributed by atoms with Crippen LogP contribution in [0.2, 0.25) is 5.02 Å². The Kier molecular flexibility index (Phi) is 5.70. The molecule has 0 unspecified atom stereocenters. The topological polar surface area (TPSA) is 88.1 Å². The Bertz CT molecular complexity index is 1180. The number of benzene rings is 2. The van der Waals surface area contributed by atoms with E-state index in [4.69, 9.17) is 16.3 Å². The first kappa shape index (κ1) is 19.7. The van der Waals surface area contributed by atoms with E-state index in [0.29, 0.717) is 37.4 Å². The summed E-state index contributed by atoms with van der Waals surface area (Å²) in [7, 11) is 0. The summed E-state index contributed by atoms with van der Waals surface area (Å²) in [6, 6.07) is 11.6. The molecule has 4 rings (SSSR count). The van der Waals surface area contributed by atoms with Crippen LogP contribution in [-0.4, -0.2) is 26.3 Å². The number of carboxylic acids is 1. The van der Waals surface area contributed by atoms with Gasteiger partial charge in [-0.05, 0) is 42.0 Å². The second-order valence-corrected chi connectivity index (χ2v) is 8.35. The number of aromatic carboxylic acids is 1. The van der Waals surface area contributed by atoms with Crippen LogP contribution < -0.4 is 4.74 Å². The number of fused-ring (bicyclic) bond motifs is 1. The van der Waals surface area contributed by atoms with E-state index in [1.165, 1.54) is 17.8 Å². The van der Waals surface area contributed by atoms with Crippen LogP contribution in [0.4, 0.5) is 4.39 Å². The Balaban J connectivity index is 1.47. The predicted octanol–water partition coefficient (Wildman–Crippen LogP) is 5.38. The molecule has 10 heteroatoms. The van der Waals surface area contributed by atoms with Gasteiger partial charge in [0.1, 0.15) is 23.1 Å². The van der Waals surface area contributed by atoms with Crippen molar-refractivity contribution in [3.8, 4) is 5.75 Å². The van der Waals surface area contributed by atoms with Gasteiger partial charge >= 0.3 is 5.97 Å². The number of ether oxygens (including phenoxy) is 1. The maximum Gasteiger partial charge on any atom is 0.346 e. The summed E-state index contributed by atoms with van der Waals surface area (Å²) in [6.45, 7) is 0.186. The Morgan fingerprint density at radius 2 is 2.07 bits per heavy atom. The number of hydrogen-bond donors (Lipinski definition) is 2. The van der Waals surface area contributed by atoms with Gasteiger partial charge in [-0.15, -0.1) is 16.4 Å². The summed E-state index contributed by atoms with van der Waals surface area (Å²) >= 11 is 8.13. The van der Waals surface area contributed by atoms with Gasteiger partial charge in [0, 0.05) is 20.9 Å². The number of rotatable bonds is 7. The molecule has 4 aromatic rings. The van der Waals surface area contributed by atoms with Gasteiger partial charge in [-0.2, -0.15) is 0 Å². The average molecular weight is 450 g/mol. The van der Waals surface area contributed by atoms with Crippen LogP contribution >= 0.6 is 34.7 Å². The average Bonchev–Trinajstić information content (AvgIpc) is 3.31. The highest BCUT2D eigenvalue weighted by molar-refractivity contribution is 7.98. The first-order chi connectivity index (χ1) is 14.0. The standard InChI is InChI=1S/C19H13ClFN3O3S2/c20-10-4-6-11(7-5-10)27-8-15-22-19(24-23-15)28-9-12-16-13(21)2-1-3-14(16)29-17(12)18(25)26/h1-7H,8-9H2,(H,25,26)(H,22,23,24). The molecule has 6 nitrogen and oxygen atoms in total. The van der Waals surface area contributed by atoms with E-state index in [1.54, 1.807) is 36.4 Å². The van der Waals surface area contributed by atoms with Gasteiger partial charge < -0.3 is 9.84 Å². The zero-order chi connectivity index (χ0) is 20.4. The van der Waals surface area contributed by atoms with Crippen molar-refractivity contribution in [3.63, 3.8) is 0 Å². The van der Waals surface area contributed by atoms with E-state index >= 15 is 0 Å². The molecule has 0 fully saturated rings. The van der Waals surface area contributed by atoms with Crippen molar-refractivity contribution in [2.24, 2.45) is 0 Å². The van der Waals surface area contributed by atoms with E-state index in [9.17, 15) is 14.3 Å². The fraction of sp³-hybridized carbons (Fsp3) is 0.105. The molecule has 0 saturated heterocycles. The number of nitrogens with one attached hydrogen (secondary N) is 1. The normalized spacial score (nSPS) is 11.1. The smallest absolute Gasteiger partial charge is 0.346 e. The molecule has 0 aliphatic rings. The SMILES string of the molecule is O=C(O)c1sc2cccc(F)c2c1CSc1n[nH]c(COc2ccc(Cl)cc2)n1. The number of aromatic amines is 1. The lowest BCUT2D eigenvalue weighted by Crippen LogP contribution is -1.98. The van der Waals surface area contributed by atoms with Crippen molar-refractivity contribution in [1.29, 1.82) is 0 Å². The molecule has 29 heavy (non-hydrogen) atoms. The number of thiophene rings is 1. The highest BCUT2D eigenvalue weighted by Crippen LogP contribution is 2.36. The molecule has 0 atom stereocenters. The molecule has 148 valence electrons. The first-order valence-electron chi connectivity index (χ1n) is 8.37. The van der Waals surface area contributed by atoms with Gasteiger partial charge in [0.05, 0.1) is 0 Å². The van der Waals surface area contributed by atoms with E-state index in [0.717, 1.165) is 11.3 Å². The van der Waals surface area contributed by atoms with Crippen molar-refractivity contribution >= 4 is 50.8 Å².